The van der Waals surface area contributed by atoms with Gasteiger partial charge in [-0.1, -0.05) is 18.3 Å². The maximum atomic E-state index is 5.72. The molecule has 0 spiro atoms. The standard InChI is InChI=1S/C11H16N2S2/c1-8(11(12)14)13(9-4-5-9)7-10-3-2-6-15-10/h2-3,6,8-9H,4-5,7H2,1H3,(H2,12,14). The van der Waals surface area contributed by atoms with Crippen LogP contribution in [0.3, 0.4) is 0 Å². The molecule has 1 saturated carbocycles. The van der Waals surface area contributed by atoms with Crippen LogP contribution in [0.25, 0.3) is 0 Å². The smallest absolute Gasteiger partial charge is 0.0899 e. The zero-order valence-electron chi connectivity index (χ0n) is 8.85. The number of thiocarbonyl (C=S) groups is 1. The van der Waals surface area contributed by atoms with Gasteiger partial charge >= 0.3 is 0 Å². The van der Waals surface area contributed by atoms with E-state index in [0.717, 1.165) is 6.54 Å². The summed E-state index contributed by atoms with van der Waals surface area (Å²) in [4.78, 5) is 4.43. The maximum absolute atomic E-state index is 5.72. The molecule has 1 aliphatic carbocycles. The second kappa shape index (κ2) is 4.60. The normalized spacial score (nSPS) is 18.0. The monoisotopic (exact) mass is 240 g/mol. The molecule has 0 saturated heterocycles. The van der Waals surface area contributed by atoms with E-state index in [1.807, 2.05) is 0 Å². The van der Waals surface area contributed by atoms with E-state index in [1.165, 1.54) is 17.7 Å². The van der Waals surface area contributed by atoms with Crippen molar-refractivity contribution in [3.63, 3.8) is 0 Å². The zero-order chi connectivity index (χ0) is 10.8. The molecule has 82 valence electrons. The Morgan fingerprint density at radius 3 is 2.93 bits per heavy atom. The summed E-state index contributed by atoms with van der Waals surface area (Å²) in [5, 5.41) is 2.12. The number of nitrogens with zero attached hydrogens (tertiary/aromatic N) is 1. The van der Waals surface area contributed by atoms with Crippen LogP contribution in [0.4, 0.5) is 0 Å². The van der Waals surface area contributed by atoms with Crippen molar-refractivity contribution in [2.75, 3.05) is 0 Å². The van der Waals surface area contributed by atoms with Crippen LogP contribution in [0, 0.1) is 0 Å². The first kappa shape index (κ1) is 11.0. The minimum Gasteiger partial charge on any atom is -0.392 e. The van der Waals surface area contributed by atoms with Crippen LogP contribution in [0.15, 0.2) is 17.5 Å². The Hall–Kier alpha value is -0.450. The third-order valence-corrected chi connectivity index (χ3v) is 4.05. The maximum Gasteiger partial charge on any atom is 0.0899 e. The van der Waals surface area contributed by atoms with Gasteiger partial charge in [0.1, 0.15) is 0 Å². The van der Waals surface area contributed by atoms with Crippen LogP contribution in [0.5, 0.6) is 0 Å². The number of rotatable bonds is 5. The second-order valence-electron chi connectivity index (χ2n) is 4.06. The molecular weight excluding hydrogens is 224 g/mol. The van der Waals surface area contributed by atoms with Gasteiger partial charge in [0.25, 0.3) is 0 Å². The van der Waals surface area contributed by atoms with Crippen molar-refractivity contribution < 1.29 is 0 Å². The Labute approximate surface area is 100 Å². The first-order valence-corrected chi connectivity index (χ1v) is 6.54. The van der Waals surface area contributed by atoms with Gasteiger partial charge in [0.05, 0.1) is 11.0 Å². The summed E-state index contributed by atoms with van der Waals surface area (Å²) < 4.78 is 0. The number of hydrogen-bond donors (Lipinski definition) is 1. The van der Waals surface area contributed by atoms with Crippen molar-refractivity contribution >= 4 is 28.5 Å². The highest BCUT2D eigenvalue weighted by Crippen LogP contribution is 2.30. The average Bonchev–Trinajstić information content (AvgIpc) is 2.92. The summed E-state index contributed by atoms with van der Waals surface area (Å²) >= 11 is 6.88. The average molecular weight is 240 g/mol. The van der Waals surface area contributed by atoms with Crippen molar-refractivity contribution in [1.29, 1.82) is 0 Å². The van der Waals surface area contributed by atoms with Gasteiger partial charge < -0.3 is 5.73 Å². The van der Waals surface area contributed by atoms with Crippen LogP contribution in [0.1, 0.15) is 24.6 Å². The Morgan fingerprint density at radius 2 is 2.47 bits per heavy atom. The van der Waals surface area contributed by atoms with E-state index in [2.05, 4.69) is 29.3 Å². The van der Waals surface area contributed by atoms with E-state index in [-0.39, 0.29) is 6.04 Å². The SMILES string of the molecule is CC(C(N)=S)N(Cc1cccs1)C1CC1. The van der Waals surface area contributed by atoms with Crippen LogP contribution in [-0.2, 0) is 6.54 Å². The highest BCUT2D eigenvalue weighted by atomic mass is 32.1. The van der Waals surface area contributed by atoms with E-state index in [4.69, 9.17) is 18.0 Å². The first-order valence-electron chi connectivity index (χ1n) is 5.26. The van der Waals surface area contributed by atoms with Crippen LogP contribution in [0.2, 0.25) is 0 Å². The molecule has 0 radical (unpaired) electrons. The second-order valence-corrected chi connectivity index (χ2v) is 5.56. The molecule has 2 nitrogen and oxygen atoms in total. The van der Waals surface area contributed by atoms with Crippen LogP contribution >= 0.6 is 23.6 Å². The Kier molecular flexibility index (Phi) is 3.38. The molecule has 2 rings (SSSR count). The van der Waals surface area contributed by atoms with Gasteiger partial charge in [-0.25, -0.2) is 0 Å². The lowest BCUT2D eigenvalue weighted by molar-refractivity contribution is 0.236. The highest BCUT2D eigenvalue weighted by Gasteiger charge is 2.33. The largest absolute Gasteiger partial charge is 0.392 e. The molecule has 1 heterocycles. The minimum absolute atomic E-state index is 0.217. The summed E-state index contributed by atoms with van der Waals surface area (Å²) in [5.74, 6) is 0. The molecule has 1 atom stereocenters. The van der Waals surface area contributed by atoms with Crippen molar-refractivity contribution in [2.24, 2.45) is 5.73 Å². The van der Waals surface area contributed by atoms with Crippen molar-refractivity contribution in [1.82, 2.24) is 4.90 Å². The number of hydrogen-bond acceptors (Lipinski definition) is 3. The van der Waals surface area contributed by atoms with E-state index in [0.29, 0.717) is 11.0 Å². The van der Waals surface area contributed by atoms with Gasteiger partial charge in [0.15, 0.2) is 0 Å². The van der Waals surface area contributed by atoms with E-state index in [9.17, 15) is 0 Å². The van der Waals surface area contributed by atoms with E-state index < -0.39 is 0 Å². The zero-order valence-corrected chi connectivity index (χ0v) is 10.5. The molecule has 1 fully saturated rings. The fourth-order valence-corrected chi connectivity index (χ4v) is 2.58. The van der Waals surface area contributed by atoms with Crippen molar-refractivity contribution in [3.05, 3.63) is 22.4 Å². The van der Waals surface area contributed by atoms with Gasteiger partial charge in [-0.3, -0.25) is 4.90 Å². The molecule has 15 heavy (non-hydrogen) atoms. The third-order valence-electron chi connectivity index (χ3n) is 2.84. The fourth-order valence-electron chi connectivity index (χ4n) is 1.73. The van der Waals surface area contributed by atoms with Gasteiger partial charge in [-0.15, -0.1) is 11.3 Å². The Morgan fingerprint density at radius 1 is 1.73 bits per heavy atom. The molecular formula is C11H16N2S2. The van der Waals surface area contributed by atoms with Crippen molar-refractivity contribution in [3.8, 4) is 0 Å². The third kappa shape index (κ3) is 2.77. The first-order chi connectivity index (χ1) is 7.18. The molecule has 0 bridgehead atoms. The van der Waals surface area contributed by atoms with Gasteiger partial charge in [-0.2, -0.15) is 0 Å². The molecule has 1 aromatic rings. The number of nitrogens with two attached hydrogens (primary N) is 1. The van der Waals surface area contributed by atoms with Crippen molar-refractivity contribution in [2.45, 2.75) is 38.4 Å². The highest BCUT2D eigenvalue weighted by molar-refractivity contribution is 7.80. The van der Waals surface area contributed by atoms with Gasteiger partial charge in [0.2, 0.25) is 0 Å². The quantitative estimate of drug-likeness (QED) is 0.801. The molecule has 1 aliphatic rings. The summed E-state index contributed by atoms with van der Waals surface area (Å²) in [6, 6.07) is 5.18. The Balaban J connectivity index is 2.03. The van der Waals surface area contributed by atoms with E-state index >= 15 is 0 Å². The van der Waals surface area contributed by atoms with Gasteiger partial charge in [0, 0.05) is 17.5 Å². The lowest BCUT2D eigenvalue weighted by atomic mass is 10.2. The van der Waals surface area contributed by atoms with E-state index in [1.54, 1.807) is 11.3 Å². The molecule has 2 N–H and O–H groups in total. The number of thiophene rings is 1. The fraction of sp³-hybridized carbons (Fsp3) is 0.545. The summed E-state index contributed by atoms with van der Waals surface area (Å²) in [7, 11) is 0. The molecule has 0 amide bonds. The lowest BCUT2D eigenvalue weighted by Crippen LogP contribution is -2.42. The molecule has 0 aromatic carbocycles. The molecule has 0 aliphatic heterocycles. The lowest BCUT2D eigenvalue weighted by Gasteiger charge is -2.27. The minimum atomic E-state index is 0.217. The summed E-state index contributed by atoms with van der Waals surface area (Å²) in [6.45, 7) is 3.09. The predicted molar refractivity (Wildman–Crippen MR) is 69.1 cm³/mol. The predicted octanol–water partition coefficient (Wildman–Crippen LogP) is 2.39. The van der Waals surface area contributed by atoms with Crippen LogP contribution < -0.4 is 5.73 Å². The van der Waals surface area contributed by atoms with Gasteiger partial charge in [-0.05, 0) is 31.2 Å². The molecule has 1 aromatic heterocycles. The molecule has 1 unspecified atom stereocenters. The topological polar surface area (TPSA) is 29.3 Å². The summed E-state index contributed by atoms with van der Waals surface area (Å²) in [6.07, 6.45) is 2.58. The molecule has 4 heteroatoms. The van der Waals surface area contributed by atoms with Crippen LogP contribution in [-0.4, -0.2) is 22.0 Å². The Bertz CT molecular complexity index is 330. The summed E-state index contributed by atoms with van der Waals surface area (Å²) in [5.41, 5.74) is 5.72.